The molecule has 0 amide bonds. The van der Waals surface area contributed by atoms with Crippen molar-refractivity contribution in [3.8, 4) is 5.75 Å². The van der Waals surface area contributed by atoms with Crippen molar-refractivity contribution in [2.45, 2.75) is 19.4 Å². The molecule has 2 aromatic carbocycles. The Balaban J connectivity index is 1.94. The van der Waals surface area contributed by atoms with E-state index in [0.29, 0.717) is 0 Å². The van der Waals surface area contributed by atoms with E-state index in [0.717, 1.165) is 34.4 Å². The highest BCUT2D eigenvalue weighted by Crippen LogP contribution is 2.31. The SMILES string of the molecule is Cc1ccc(C(O)c2ccc3c(c2)CCO3)cc1Br. The predicted octanol–water partition coefficient (Wildman–Crippen LogP) is 3.77. The number of hydrogen-bond acceptors (Lipinski definition) is 2. The number of halogens is 1. The van der Waals surface area contributed by atoms with Crippen LogP contribution in [0.2, 0.25) is 0 Å². The van der Waals surface area contributed by atoms with Gasteiger partial charge in [0.05, 0.1) is 6.61 Å². The monoisotopic (exact) mass is 318 g/mol. The highest BCUT2D eigenvalue weighted by molar-refractivity contribution is 9.10. The van der Waals surface area contributed by atoms with Crippen molar-refractivity contribution in [1.82, 2.24) is 0 Å². The van der Waals surface area contributed by atoms with Gasteiger partial charge < -0.3 is 9.84 Å². The summed E-state index contributed by atoms with van der Waals surface area (Å²) < 4.78 is 6.51. The number of aliphatic hydroxyl groups is 1. The van der Waals surface area contributed by atoms with Crippen LogP contribution in [0.5, 0.6) is 5.75 Å². The minimum Gasteiger partial charge on any atom is -0.493 e. The van der Waals surface area contributed by atoms with Crippen LogP contribution >= 0.6 is 15.9 Å². The van der Waals surface area contributed by atoms with Crippen LogP contribution in [0.25, 0.3) is 0 Å². The predicted molar refractivity (Wildman–Crippen MR) is 78.6 cm³/mol. The molecule has 0 aromatic heterocycles. The first-order chi connectivity index (χ1) is 9.15. The van der Waals surface area contributed by atoms with Gasteiger partial charge in [-0.25, -0.2) is 0 Å². The summed E-state index contributed by atoms with van der Waals surface area (Å²) in [7, 11) is 0. The first-order valence-electron chi connectivity index (χ1n) is 6.35. The number of rotatable bonds is 2. The zero-order valence-corrected chi connectivity index (χ0v) is 12.3. The first kappa shape index (κ1) is 12.7. The van der Waals surface area contributed by atoms with Crippen LogP contribution in [0.1, 0.15) is 28.4 Å². The van der Waals surface area contributed by atoms with E-state index in [1.54, 1.807) is 0 Å². The summed E-state index contributed by atoms with van der Waals surface area (Å²) in [6, 6.07) is 11.9. The van der Waals surface area contributed by atoms with Crippen molar-refractivity contribution < 1.29 is 9.84 Å². The van der Waals surface area contributed by atoms with Gasteiger partial charge in [0.1, 0.15) is 11.9 Å². The third kappa shape index (κ3) is 2.40. The lowest BCUT2D eigenvalue weighted by atomic mass is 9.98. The molecular formula is C16H15BrO2. The average Bonchev–Trinajstić information content (AvgIpc) is 2.88. The molecule has 2 aromatic rings. The van der Waals surface area contributed by atoms with Crippen LogP contribution in [0, 0.1) is 6.92 Å². The van der Waals surface area contributed by atoms with Crippen molar-refractivity contribution in [3.63, 3.8) is 0 Å². The molecule has 1 N–H and O–H groups in total. The summed E-state index contributed by atoms with van der Waals surface area (Å²) in [6.07, 6.45) is 0.329. The maximum atomic E-state index is 10.5. The summed E-state index contributed by atoms with van der Waals surface area (Å²) >= 11 is 3.51. The minimum absolute atomic E-state index is 0.595. The van der Waals surface area contributed by atoms with E-state index < -0.39 is 6.10 Å². The Morgan fingerprint density at radius 2 is 1.89 bits per heavy atom. The van der Waals surface area contributed by atoms with Crippen molar-refractivity contribution in [2.24, 2.45) is 0 Å². The van der Waals surface area contributed by atoms with Gasteiger partial charge in [0, 0.05) is 10.9 Å². The van der Waals surface area contributed by atoms with Crippen LogP contribution < -0.4 is 4.74 Å². The molecule has 0 saturated heterocycles. The molecule has 0 fully saturated rings. The standard InChI is InChI=1S/C16H15BrO2/c1-10-2-3-13(9-14(10)17)16(18)12-4-5-15-11(8-12)6-7-19-15/h2-5,8-9,16,18H,6-7H2,1H3. The number of aryl methyl sites for hydroxylation is 1. The Morgan fingerprint density at radius 1 is 1.16 bits per heavy atom. The maximum Gasteiger partial charge on any atom is 0.122 e. The molecule has 2 nitrogen and oxygen atoms in total. The number of aliphatic hydroxyl groups excluding tert-OH is 1. The highest BCUT2D eigenvalue weighted by Gasteiger charge is 2.17. The van der Waals surface area contributed by atoms with Crippen LogP contribution in [0.15, 0.2) is 40.9 Å². The fourth-order valence-electron chi connectivity index (χ4n) is 2.35. The van der Waals surface area contributed by atoms with Crippen LogP contribution in [0.3, 0.4) is 0 Å². The van der Waals surface area contributed by atoms with Crippen molar-refractivity contribution >= 4 is 15.9 Å². The molecule has 1 atom stereocenters. The third-order valence-corrected chi connectivity index (χ3v) is 4.40. The smallest absolute Gasteiger partial charge is 0.122 e. The second-order valence-electron chi connectivity index (χ2n) is 4.88. The Kier molecular flexibility index (Phi) is 3.33. The van der Waals surface area contributed by atoms with Gasteiger partial charge in [-0.2, -0.15) is 0 Å². The Bertz CT molecular complexity index is 622. The molecule has 0 saturated carbocycles. The van der Waals surface area contributed by atoms with Gasteiger partial charge in [-0.05, 0) is 47.4 Å². The van der Waals surface area contributed by atoms with Crippen LogP contribution in [-0.4, -0.2) is 11.7 Å². The van der Waals surface area contributed by atoms with E-state index in [-0.39, 0.29) is 0 Å². The lowest BCUT2D eigenvalue weighted by molar-refractivity contribution is 0.220. The maximum absolute atomic E-state index is 10.5. The molecule has 1 aliphatic rings. The topological polar surface area (TPSA) is 29.5 Å². The van der Waals surface area contributed by atoms with Crippen LogP contribution in [0.4, 0.5) is 0 Å². The molecule has 3 rings (SSSR count). The number of hydrogen-bond donors (Lipinski definition) is 1. The van der Waals surface area contributed by atoms with Crippen molar-refractivity contribution in [1.29, 1.82) is 0 Å². The van der Waals surface area contributed by atoms with E-state index in [1.807, 2.05) is 43.3 Å². The number of benzene rings is 2. The lowest BCUT2D eigenvalue weighted by Crippen LogP contribution is -2.00. The van der Waals surface area contributed by atoms with Crippen molar-refractivity contribution in [3.05, 3.63) is 63.1 Å². The second kappa shape index (κ2) is 4.99. The Labute approximate surface area is 121 Å². The van der Waals surface area contributed by atoms with E-state index in [2.05, 4.69) is 15.9 Å². The molecule has 1 unspecified atom stereocenters. The minimum atomic E-state index is -0.595. The number of ether oxygens (including phenoxy) is 1. The van der Waals surface area contributed by atoms with Gasteiger partial charge in [-0.3, -0.25) is 0 Å². The van der Waals surface area contributed by atoms with Gasteiger partial charge in [-0.15, -0.1) is 0 Å². The quantitative estimate of drug-likeness (QED) is 0.913. The molecule has 98 valence electrons. The molecule has 19 heavy (non-hydrogen) atoms. The Morgan fingerprint density at radius 3 is 2.68 bits per heavy atom. The molecular weight excluding hydrogens is 304 g/mol. The normalized spacial score (nSPS) is 14.9. The third-order valence-electron chi connectivity index (χ3n) is 3.54. The van der Waals surface area contributed by atoms with Gasteiger partial charge in [0.25, 0.3) is 0 Å². The van der Waals surface area contributed by atoms with E-state index in [4.69, 9.17) is 4.74 Å². The molecule has 0 bridgehead atoms. The van der Waals surface area contributed by atoms with Gasteiger partial charge in [-0.1, -0.05) is 34.1 Å². The van der Waals surface area contributed by atoms with E-state index in [1.165, 1.54) is 11.1 Å². The number of fused-ring (bicyclic) bond motifs is 1. The largest absolute Gasteiger partial charge is 0.493 e. The van der Waals surface area contributed by atoms with Gasteiger partial charge >= 0.3 is 0 Å². The van der Waals surface area contributed by atoms with E-state index in [9.17, 15) is 5.11 Å². The van der Waals surface area contributed by atoms with Gasteiger partial charge in [0.15, 0.2) is 0 Å². The average molecular weight is 319 g/mol. The molecule has 0 aliphatic carbocycles. The zero-order chi connectivity index (χ0) is 13.4. The lowest BCUT2D eigenvalue weighted by Gasteiger charge is -2.13. The van der Waals surface area contributed by atoms with Crippen LogP contribution in [-0.2, 0) is 6.42 Å². The first-order valence-corrected chi connectivity index (χ1v) is 7.14. The molecule has 3 heteroatoms. The fourth-order valence-corrected chi connectivity index (χ4v) is 2.74. The fraction of sp³-hybridized carbons (Fsp3) is 0.250. The van der Waals surface area contributed by atoms with Gasteiger partial charge in [0.2, 0.25) is 0 Å². The Hall–Kier alpha value is -1.32. The zero-order valence-electron chi connectivity index (χ0n) is 10.7. The second-order valence-corrected chi connectivity index (χ2v) is 5.73. The molecule has 1 heterocycles. The van der Waals surface area contributed by atoms with Crippen molar-refractivity contribution in [2.75, 3.05) is 6.61 Å². The summed E-state index contributed by atoms with van der Waals surface area (Å²) in [5.41, 5.74) is 4.16. The summed E-state index contributed by atoms with van der Waals surface area (Å²) in [6.45, 7) is 2.78. The van der Waals surface area contributed by atoms with E-state index >= 15 is 0 Å². The molecule has 0 spiro atoms. The summed E-state index contributed by atoms with van der Waals surface area (Å²) in [5.74, 6) is 0.945. The summed E-state index contributed by atoms with van der Waals surface area (Å²) in [4.78, 5) is 0. The molecule has 0 radical (unpaired) electrons. The molecule has 1 aliphatic heterocycles. The summed E-state index contributed by atoms with van der Waals surface area (Å²) in [5, 5.41) is 10.5. The highest BCUT2D eigenvalue weighted by atomic mass is 79.9.